The summed E-state index contributed by atoms with van der Waals surface area (Å²) in [5, 5.41) is 2.94. The molecule has 0 fully saturated rings. The number of amides is 1. The maximum atomic E-state index is 12.2. The Morgan fingerprint density at radius 1 is 1.15 bits per heavy atom. The van der Waals surface area contributed by atoms with Crippen molar-refractivity contribution in [1.82, 2.24) is 10.3 Å². The van der Waals surface area contributed by atoms with Gasteiger partial charge in [-0.1, -0.05) is 37.3 Å². The molecule has 2 rings (SSSR count). The Hall–Kier alpha value is -2.42. The summed E-state index contributed by atoms with van der Waals surface area (Å²) in [6, 6.07) is 13.7. The molecule has 3 nitrogen and oxygen atoms in total. The number of nitrogens with zero attached hydrogens (tertiary/aromatic N) is 1. The Balaban J connectivity index is 2.01. The van der Waals surface area contributed by atoms with Crippen LogP contribution in [0.15, 0.2) is 60.4 Å². The first kappa shape index (κ1) is 14.0. The Morgan fingerprint density at radius 2 is 1.85 bits per heavy atom. The molecular formula is C17H18N2O. The minimum Gasteiger partial charge on any atom is -0.348 e. The maximum Gasteiger partial charge on any atom is 0.247 e. The molecule has 102 valence electrons. The van der Waals surface area contributed by atoms with Gasteiger partial charge >= 0.3 is 0 Å². The van der Waals surface area contributed by atoms with Gasteiger partial charge in [0.05, 0.1) is 0 Å². The summed E-state index contributed by atoms with van der Waals surface area (Å²) < 4.78 is 0. The lowest BCUT2D eigenvalue weighted by Gasteiger charge is -2.07. The highest BCUT2D eigenvalue weighted by Crippen LogP contribution is 2.10. The fourth-order valence-corrected chi connectivity index (χ4v) is 1.88. The van der Waals surface area contributed by atoms with E-state index in [0.717, 1.165) is 16.7 Å². The molecule has 0 spiro atoms. The van der Waals surface area contributed by atoms with Crippen molar-refractivity contribution in [3.63, 3.8) is 0 Å². The number of nitrogens with one attached hydrogen (secondary N) is 1. The maximum absolute atomic E-state index is 12.2. The van der Waals surface area contributed by atoms with Crippen molar-refractivity contribution in [1.29, 1.82) is 0 Å². The Bertz CT molecular complexity index is 576. The molecule has 1 amide bonds. The van der Waals surface area contributed by atoms with E-state index in [1.54, 1.807) is 12.4 Å². The van der Waals surface area contributed by atoms with Gasteiger partial charge in [0.15, 0.2) is 0 Å². The van der Waals surface area contributed by atoms with E-state index in [9.17, 15) is 4.79 Å². The number of hydrogen-bond donors (Lipinski definition) is 1. The van der Waals surface area contributed by atoms with Gasteiger partial charge in [0, 0.05) is 24.5 Å². The molecule has 0 aliphatic carbocycles. The molecule has 2 aromatic rings. The van der Waals surface area contributed by atoms with Gasteiger partial charge in [-0.05, 0) is 35.8 Å². The molecular weight excluding hydrogens is 248 g/mol. The quantitative estimate of drug-likeness (QED) is 0.844. The SMILES string of the molecule is CC/C(=C\c1ccccc1)C(=O)NCc1ccncc1. The lowest BCUT2D eigenvalue weighted by molar-refractivity contribution is -0.117. The van der Waals surface area contributed by atoms with Gasteiger partial charge in [-0.3, -0.25) is 9.78 Å². The summed E-state index contributed by atoms with van der Waals surface area (Å²) in [6.45, 7) is 2.51. The smallest absolute Gasteiger partial charge is 0.247 e. The topological polar surface area (TPSA) is 42.0 Å². The van der Waals surface area contributed by atoms with Crippen molar-refractivity contribution in [2.45, 2.75) is 19.9 Å². The Morgan fingerprint density at radius 3 is 2.50 bits per heavy atom. The minimum absolute atomic E-state index is 0.0202. The molecule has 1 N–H and O–H groups in total. The zero-order chi connectivity index (χ0) is 14.2. The van der Waals surface area contributed by atoms with Crippen molar-refractivity contribution in [3.8, 4) is 0 Å². The van der Waals surface area contributed by atoms with E-state index in [0.29, 0.717) is 13.0 Å². The van der Waals surface area contributed by atoms with Crippen LogP contribution in [-0.4, -0.2) is 10.9 Å². The highest BCUT2D eigenvalue weighted by Gasteiger charge is 2.07. The van der Waals surface area contributed by atoms with Crippen LogP contribution in [0.2, 0.25) is 0 Å². The first-order valence-electron chi connectivity index (χ1n) is 6.72. The molecule has 0 aliphatic heterocycles. The van der Waals surface area contributed by atoms with Gasteiger partial charge in [0.25, 0.3) is 0 Å². The van der Waals surface area contributed by atoms with Gasteiger partial charge in [-0.25, -0.2) is 0 Å². The van der Waals surface area contributed by atoms with E-state index in [2.05, 4.69) is 10.3 Å². The molecule has 0 aliphatic rings. The number of benzene rings is 1. The lowest BCUT2D eigenvalue weighted by atomic mass is 10.1. The molecule has 0 saturated heterocycles. The summed E-state index contributed by atoms with van der Waals surface area (Å²) in [4.78, 5) is 16.1. The van der Waals surface area contributed by atoms with Crippen molar-refractivity contribution in [2.24, 2.45) is 0 Å². The highest BCUT2D eigenvalue weighted by atomic mass is 16.1. The summed E-state index contributed by atoms with van der Waals surface area (Å²) in [6.07, 6.45) is 6.09. The standard InChI is InChI=1S/C17H18N2O/c1-2-16(12-14-6-4-3-5-7-14)17(20)19-13-15-8-10-18-11-9-15/h3-12H,2,13H2,1H3,(H,19,20)/b16-12+. The largest absolute Gasteiger partial charge is 0.348 e. The van der Waals surface area contributed by atoms with E-state index in [1.807, 2.05) is 55.5 Å². The number of carbonyl (C=O) groups excluding carboxylic acids is 1. The fourth-order valence-electron chi connectivity index (χ4n) is 1.88. The molecule has 0 radical (unpaired) electrons. The predicted octanol–water partition coefficient (Wildman–Crippen LogP) is 3.19. The van der Waals surface area contributed by atoms with Crippen molar-refractivity contribution < 1.29 is 4.79 Å². The van der Waals surface area contributed by atoms with Crippen LogP contribution >= 0.6 is 0 Å². The minimum atomic E-state index is -0.0202. The number of aromatic nitrogens is 1. The van der Waals surface area contributed by atoms with Gasteiger partial charge in [0.2, 0.25) is 5.91 Å². The molecule has 3 heteroatoms. The van der Waals surface area contributed by atoms with Crippen LogP contribution in [0.1, 0.15) is 24.5 Å². The third-order valence-corrected chi connectivity index (χ3v) is 3.02. The van der Waals surface area contributed by atoms with Crippen LogP contribution in [0.4, 0.5) is 0 Å². The molecule has 1 aromatic heterocycles. The van der Waals surface area contributed by atoms with E-state index < -0.39 is 0 Å². The molecule has 0 unspecified atom stereocenters. The second kappa shape index (κ2) is 7.24. The van der Waals surface area contributed by atoms with E-state index in [1.165, 1.54) is 0 Å². The molecule has 0 bridgehead atoms. The van der Waals surface area contributed by atoms with Crippen LogP contribution in [0.3, 0.4) is 0 Å². The van der Waals surface area contributed by atoms with Crippen LogP contribution < -0.4 is 5.32 Å². The fraction of sp³-hybridized carbons (Fsp3) is 0.176. The van der Waals surface area contributed by atoms with Crippen molar-refractivity contribution in [2.75, 3.05) is 0 Å². The number of hydrogen-bond acceptors (Lipinski definition) is 2. The third kappa shape index (κ3) is 4.05. The average Bonchev–Trinajstić information content (AvgIpc) is 2.52. The number of rotatable bonds is 5. The summed E-state index contributed by atoms with van der Waals surface area (Å²) in [5.74, 6) is -0.0202. The van der Waals surface area contributed by atoms with E-state index in [4.69, 9.17) is 0 Å². The van der Waals surface area contributed by atoms with Gasteiger partial charge in [-0.15, -0.1) is 0 Å². The lowest BCUT2D eigenvalue weighted by Crippen LogP contribution is -2.24. The summed E-state index contributed by atoms with van der Waals surface area (Å²) in [7, 11) is 0. The zero-order valence-electron chi connectivity index (χ0n) is 11.5. The van der Waals surface area contributed by atoms with Crippen LogP contribution in [-0.2, 0) is 11.3 Å². The Kier molecular flexibility index (Phi) is 5.07. The predicted molar refractivity (Wildman–Crippen MR) is 80.8 cm³/mol. The molecule has 0 atom stereocenters. The van der Waals surface area contributed by atoms with Crippen LogP contribution in [0.25, 0.3) is 6.08 Å². The van der Waals surface area contributed by atoms with Gasteiger partial charge < -0.3 is 5.32 Å². The second-order valence-electron chi connectivity index (χ2n) is 4.47. The summed E-state index contributed by atoms with van der Waals surface area (Å²) in [5.41, 5.74) is 2.87. The third-order valence-electron chi connectivity index (χ3n) is 3.02. The van der Waals surface area contributed by atoms with Crippen LogP contribution in [0, 0.1) is 0 Å². The van der Waals surface area contributed by atoms with Gasteiger partial charge in [-0.2, -0.15) is 0 Å². The molecule has 0 saturated carbocycles. The zero-order valence-corrected chi connectivity index (χ0v) is 11.5. The molecule has 1 aromatic carbocycles. The second-order valence-corrected chi connectivity index (χ2v) is 4.47. The average molecular weight is 266 g/mol. The highest BCUT2D eigenvalue weighted by molar-refractivity contribution is 5.97. The summed E-state index contributed by atoms with van der Waals surface area (Å²) >= 11 is 0. The van der Waals surface area contributed by atoms with Crippen molar-refractivity contribution >= 4 is 12.0 Å². The number of pyridine rings is 1. The van der Waals surface area contributed by atoms with E-state index in [-0.39, 0.29) is 5.91 Å². The van der Waals surface area contributed by atoms with Gasteiger partial charge in [0.1, 0.15) is 0 Å². The Labute approximate surface area is 119 Å². The molecule has 1 heterocycles. The normalized spacial score (nSPS) is 11.2. The molecule has 20 heavy (non-hydrogen) atoms. The number of carbonyl (C=O) groups is 1. The van der Waals surface area contributed by atoms with Crippen LogP contribution in [0.5, 0.6) is 0 Å². The first-order chi connectivity index (χ1) is 9.79. The van der Waals surface area contributed by atoms with E-state index >= 15 is 0 Å². The van der Waals surface area contributed by atoms with Crippen molar-refractivity contribution in [3.05, 3.63) is 71.6 Å². The monoisotopic (exact) mass is 266 g/mol. The first-order valence-corrected chi connectivity index (χ1v) is 6.72.